The van der Waals surface area contributed by atoms with E-state index in [0.717, 1.165) is 0 Å². The molecule has 0 radical (unpaired) electrons. The fourth-order valence-electron chi connectivity index (χ4n) is 11.5. The zero-order valence-electron chi connectivity index (χ0n) is 38.9. The van der Waals surface area contributed by atoms with Gasteiger partial charge in [-0.1, -0.05) is 165 Å². The molecule has 10 aromatic rings. The van der Waals surface area contributed by atoms with Gasteiger partial charge in [-0.25, -0.2) is 0 Å². The minimum absolute atomic E-state index is 0.0244. The van der Waals surface area contributed by atoms with Crippen molar-refractivity contribution in [1.82, 2.24) is 0 Å². The molecule has 5 heteroatoms. The molecule has 0 unspecified atom stereocenters. The van der Waals surface area contributed by atoms with Gasteiger partial charge in [0, 0.05) is 74.2 Å². The molecule has 0 saturated carbocycles. The number of thiophene rings is 2. The van der Waals surface area contributed by atoms with Crippen LogP contribution in [0.5, 0.6) is 0 Å². The maximum atomic E-state index is 2.73. The van der Waals surface area contributed by atoms with Crippen LogP contribution < -0.4 is 20.0 Å². The normalized spacial score (nSPS) is 14.7. The molecule has 4 heterocycles. The lowest BCUT2D eigenvalue weighted by atomic mass is 9.46. The highest BCUT2D eigenvalue weighted by Crippen LogP contribution is 2.58. The average Bonchev–Trinajstić information content (AvgIpc) is 3.96. The van der Waals surface area contributed by atoms with Crippen LogP contribution in [0.2, 0.25) is 0 Å². The highest BCUT2D eigenvalue weighted by Gasteiger charge is 2.49. The Kier molecular flexibility index (Phi) is 8.36. The Morgan fingerprint density at radius 2 is 1.14 bits per heavy atom. The predicted octanol–water partition coefficient (Wildman–Crippen LogP) is 16.5. The van der Waals surface area contributed by atoms with Crippen molar-refractivity contribution in [2.45, 2.75) is 71.6 Å². The summed E-state index contributed by atoms with van der Waals surface area (Å²) in [5.74, 6) is 0. The highest BCUT2D eigenvalue weighted by atomic mass is 32.1. The van der Waals surface area contributed by atoms with Crippen LogP contribution >= 0.6 is 22.7 Å². The van der Waals surface area contributed by atoms with E-state index >= 15 is 0 Å². The summed E-state index contributed by atoms with van der Waals surface area (Å²) in [6, 6.07) is 63.0. The highest BCUT2D eigenvalue weighted by molar-refractivity contribution is 7.32. The molecular formula is C61H51BN2S2. The number of hydrogen-bond acceptors (Lipinski definition) is 4. The van der Waals surface area contributed by atoms with Gasteiger partial charge in [0.25, 0.3) is 0 Å². The lowest BCUT2D eigenvalue weighted by Crippen LogP contribution is -2.60. The van der Waals surface area contributed by atoms with Gasteiger partial charge in [-0.2, -0.15) is 0 Å². The molecule has 66 heavy (non-hydrogen) atoms. The van der Waals surface area contributed by atoms with Gasteiger partial charge in [0.05, 0.1) is 11.4 Å². The van der Waals surface area contributed by atoms with Crippen LogP contribution in [0.1, 0.15) is 77.6 Å². The molecule has 0 amide bonds. The predicted molar refractivity (Wildman–Crippen MR) is 289 cm³/mol. The third-order valence-corrected chi connectivity index (χ3v) is 17.4. The van der Waals surface area contributed by atoms with Gasteiger partial charge in [0.2, 0.25) is 0 Å². The summed E-state index contributed by atoms with van der Waals surface area (Å²) >= 11 is 3.93. The first-order chi connectivity index (χ1) is 31.8. The van der Waals surface area contributed by atoms with E-state index in [9.17, 15) is 0 Å². The third kappa shape index (κ3) is 5.60. The number of fused-ring (bicyclic) bond motifs is 13. The SMILES string of the molecule is CC(C)(C)c1ccc(N2B3c4sc5ccccc5c4N(c4ccc(C(C)(C)C)cc4-c4ccccc4)c4cc5c(sc6ccccc65)c(c43)-c3cc4c(cc32)-c2ccccc2C4(C)C)cc1. The summed E-state index contributed by atoms with van der Waals surface area (Å²) < 4.78 is 5.37. The van der Waals surface area contributed by atoms with Gasteiger partial charge in [0.1, 0.15) is 0 Å². The Labute approximate surface area is 396 Å². The second kappa shape index (κ2) is 13.8. The van der Waals surface area contributed by atoms with Crippen molar-refractivity contribution in [3.8, 4) is 33.4 Å². The van der Waals surface area contributed by atoms with Crippen LogP contribution in [-0.4, -0.2) is 6.85 Å². The fourth-order valence-corrected chi connectivity index (χ4v) is 14.1. The summed E-state index contributed by atoms with van der Waals surface area (Å²) in [6.45, 7) is 18.7. The number of hydrogen-bond donors (Lipinski definition) is 0. The van der Waals surface area contributed by atoms with Crippen molar-refractivity contribution >= 4 is 98.5 Å². The zero-order chi connectivity index (χ0) is 45.0. The van der Waals surface area contributed by atoms with Gasteiger partial charge in [-0.15, -0.1) is 22.7 Å². The van der Waals surface area contributed by atoms with E-state index < -0.39 is 0 Å². The lowest BCUT2D eigenvalue weighted by Gasteiger charge is -2.45. The largest absolute Gasteiger partial charge is 0.376 e. The molecule has 2 aliphatic heterocycles. The maximum absolute atomic E-state index is 2.73. The summed E-state index contributed by atoms with van der Waals surface area (Å²) in [7, 11) is 0. The lowest BCUT2D eigenvalue weighted by molar-refractivity contribution is 0.590. The molecule has 3 aliphatic rings. The molecule has 2 nitrogen and oxygen atoms in total. The first-order valence-electron chi connectivity index (χ1n) is 23.5. The Morgan fingerprint density at radius 3 is 1.88 bits per heavy atom. The summed E-state index contributed by atoms with van der Waals surface area (Å²) in [5, 5.41) is 3.93. The molecule has 0 fully saturated rings. The number of anilines is 5. The van der Waals surface area contributed by atoms with Crippen molar-refractivity contribution < 1.29 is 0 Å². The molecule has 0 spiro atoms. The second-order valence-electron chi connectivity index (χ2n) is 21.3. The van der Waals surface area contributed by atoms with Gasteiger partial charge < -0.3 is 9.71 Å². The maximum Gasteiger partial charge on any atom is 0.343 e. The minimum atomic E-state index is -0.158. The van der Waals surface area contributed by atoms with E-state index in [1.54, 1.807) is 0 Å². The van der Waals surface area contributed by atoms with Crippen molar-refractivity contribution in [1.29, 1.82) is 0 Å². The smallest absolute Gasteiger partial charge is 0.343 e. The van der Waals surface area contributed by atoms with Crippen LogP contribution in [0.25, 0.3) is 63.6 Å². The van der Waals surface area contributed by atoms with E-state index in [0.29, 0.717) is 0 Å². The number of benzene rings is 8. The molecule has 13 rings (SSSR count). The fraction of sp³-hybridized carbons (Fsp3) is 0.180. The van der Waals surface area contributed by atoms with Crippen LogP contribution in [0.15, 0.2) is 164 Å². The zero-order valence-corrected chi connectivity index (χ0v) is 40.5. The first kappa shape index (κ1) is 39.9. The Morgan fingerprint density at radius 1 is 0.485 bits per heavy atom. The molecule has 8 aromatic carbocycles. The van der Waals surface area contributed by atoms with Crippen molar-refractivity contribution in [2.24, 2.45) is 0 Å². The van der Waals surface area contributed by atoms with E-state index in [-0.39, 0.29) is 23.1 Å². The number of rotatable bonds is 3. The second-order valence-corrected chi connectivity index (χ2v) is 23.4. The van der Waals surface area contributed by atoms with E-state index in [1.165, 1.54) is 125 Å². The Hall–Kier alpha value is -6.40. The standard InChI is InChI=1S/C61H51BN2S2/c1-59(2,3)37-26-29-39(30-27-37)64-50-34-44-40-20-12-15-23-47(40)61(7,8)48(44)33-46(50)54-55-51(35-45-41-21-13-16-24-52(41)65-57(45)54)63(56-42-22-14-17-25-53(42)66-58(56)62(55)64)49-31-28-38(60(4,5)6)32-43(49)36-18-10-9-11-19-36/h9-35H,1-8H3. The molecule has 320 valence electrons. The molecule has 0 N–H and O–H groups in total. The van der Waals surface area contributed by atoms with Gasteiger partial charge in [-0.3, -0.25) is 0 Å². The summed E-state index contributed by atoms with van der Waals surface area (Å²) in [4.78, 5) is 5.41. The third-order valence-electron chi connectivity index (χ3n) is 15.0. The van der Waals surface area contributed by atoms with Crippen LogP contribution in [-0.2, 0) is 16.2 Å². The van der Waals surface area contributed by atoms with Crippen molar-refractivity contribution in [2.75, 3.05) is 9.71 Å². The van der Waals surface area contributed by atoms with Crippen LogP contribution in [0, 0.1) is 0 Å². The molecule has 0 bridgehead atoms. The Balaban J connectivity index is 1.22. The number of nitrogens with zero attached hydrogens (tertiary/aromatic N) is 2. The van der Waals surface area contributed by atoms with Gasteiger partial charge >= 0.3 is 6.85 Å². The Bertz CT molecular complexity index is 3650. The molecule has 2 aromatic heterocycles. The van der Waals surface area contributed by atoms with Gasteiger partial charge in [-0.05, 0) is 110 Å². The van der Waals surface area contributed by atoms with E-state index in [2.05, 4.69) is 229 Å². The molecule has 0 saturated heterocycles. The first-order valence-corrected chi connectivity index (χ1v) is 25.1. The van der Waals surface area contributed by atoms with Crippen LogP contribution in [0.4, 0.5) is 28.4 Å². The van der Waals surface area contributed by atoms with E-state index in [1.807, 2.05) is 22.7 Å². The van der Waals surface area contributed by atoms with E-state index in [4.69, 9.17) is 0 Å². The van der Waals surface area contributed by atoms with Crippen LogP contribution in [0.3, 0.4) is 0 Å². The summed E-state index contributed by atoms with van der Waals surface area (Å²) in [6.07, 6.45) is 0. The summed E-state index contributed by atoms with van der Waals surface area (Å²) in [5.41, 5.74) is 20.8. The minimum Gasteiger partial charge on any atom is -0.376 e. The van der Waals surface area contributed by atoms with Crippen molar-refractivity contribution in [3.05, 3.63) is 186 Å². The molecular weight excluding hydrogens is 836 g/mol. The van der Waals surface area contributed by atoms with Crippen molar-refractivity contribution in [3.63, 3.8) is 0 Å². The average molecular weight is 887 g/mol. The monoisotopic (exact) mass is 886 g/mol. The topological polar surface area (TPSA) is 6.48 Å². The molecule has 0 atom stereocenters. The molecule has 1 aliphatic carbocycles. The quantitative estimate of drug-likeness (QED) is 0.163. The van der Waals surface area contributed by atoms with Gasteiger partial charge in [0.15, 0.2) is 0 Å².